The van der Waals surface area contributed by atoms with Gasteiger partial charge in [0.05, 0.1) is 13.1 Å². The van der Waals surface area contributed by atoms with Gasteiger partial charge < -0.3 is 10.6 Å². The number of likely N-dealkylation sites (tertiary alicyclic amines) is 1. The van der Waals surface area contributed by atoms with Crippen LogP contribution < -0.4 is 10.6 Å². The van der Waals surface area contributed by atoms with E-state index in [0.29, 0.717) is 26.2 Å². The highest BCUT2D eigenvalue weighted by Gasteiger charge is 2.34. The molecule has 144 valence electrons. The monoisotopic (exact) mass is 490 g/mol. The van der Waals surface area contributed by atoms with Crippen LogP contribution in [0.5, 0.6) is 0 Å². The fourth-order valence-corrected chi connectivity index (χ4v) is 3.61. The van der Waals surface area contributed by atoms with E-state index in [4.69, 9.17) is 0 Å². The molecule has 1 aliphatic rings. The number of guanidine groups is 1. The standard InChI is InChI=1S/C16H25F3N4S.HI/c1-3-20-15(22-9-14-12(2)5-7-24-14)21-8-13-4-6-23(10-13)11-16(17,18)19;/h5,7,13H,3-4,6,8-11H2,1-2H3,(H2,20,21,22);1H. The van der Waals surface area contributed by atoms with Crippen LogP contribution in [0.25, 0.3) is 0 Å². The Bertz CT molecular complexity index is 548. The summed E-state index contributed by atoms with van der Waals surface area (Å²) in [5, 5.41) is 8.50. The third-order valence-corrected chi connectivity index (χ3v) is 5.03. The largest absolute Gasteiger partial charge is 0.401 e. The first-order valence-electron chi connectivity index (χ1n) is 8.21. The van der Waals surface area contributed by atoms with Crippen LogP contribution in [0.1, 0.15) is 23.8 Å². The molecule has 2 heterocycles. The maximum Gasteiger partial charge on any atom is 0.401 e. The van der Waals surface area contributed by atoms with E-state index in [-0.39, 0.29) is 29.9 Å². The molecule has 0 saturated carbocycles. The van der Waals surface area contributed by atoms with Crippen LogP contribution in [0.15, 0.2) is 16.4 Å². The van der Waals surface area contributed by atoms with Crippen LogP contribution in [0.3, 0.4) is 0 Å². The van der Waals surface area contributed by atoms with Crippen molar-refractivity contribution in [1.82, 2.24) is 15.5 Å². The highest BCUT2D eigenvalue weighted by atomic mass is 127. The second-order valence-electron chi connectivity index (χ2n) is 6.11. The van der Waals surface area contributed by atoms with Gasteiger partial charge in [0.1, 0.15) is 0 Å². The molecule has 4 nitrogen and oxygen atoms in total. The van der Waals surface area contributed by atoms with Gasteiger partial charge in [-0.2, -0.15) is 13.2 Å². The molecule has 1 aliphatic heterocycles. The van der Waals surface area contributed by atoms with Crippen molar-refractivity contribution in [2.45, 2.75) is 33.0 Å². The lowest BCUT2D eigenvalue weighted by molar-refractivity contribution is -0.143. The van der Waals surface area contributed by atoms with Gasteiger partial charge in [-0.25, -0.2) is 4.99 Å². The minimum atomic E-state index is -4.11. The quantitative estimate of drug-likeness (QED) is 0.364. The normalized spacial score (nSPS) is 18.9. The molecule has 0 aliphatic carbocycles. The fraction of sp³-hybridized carbons (Fsp3) is 0.688. The van der Waals surface area contributed by atoms with Crippen LogP contribution in [0.2, 0.25) is 0 Å². The van der Waals surface area contributed by atoms with Crippen molar-refractivity contribution in [3.05, 3.63) is 21.9 Å². The molecule has 2 rings (SSSR count). The Morgan fingerprint density at radius 3 is 2.76 bits per heavy atom. The van der Waals surface area contributed by atoms with Gasteiger partial charge in [-0.15, -0.1) is 35.3 Å². The first-order valence-corrected chi connectivity index (χ1v) is 9.09. The van der Waals surface area contributed by atoms with Gasteiger partial charge in [0, 0.05) is 24.5 Å². The summed E-state index contributed by atoms with van der Waals surface area (Å²) in [6.45, 7) is 6.25. The molecule has 25 heavy (non-hydrogen) atoms. The zero-order valence-electron chi connectivity index (χ0n) is 14.5. The number of halogens is 4. The molecule has 0 spiro atoms. The van der Waals surface area contributed by atoms with Crippen molar-refractivity contribution in [1.29, 1.82) is 0 Å². The smallest absolute Gasteiger partial charge is 0.357 e. The molecule has 0 amide bonds. The van der Waals surface area contributed by atoms with Crippen molar-refractivity contribution < 1.29 is 13.2 Å². The van der Waals surface area contributed by atoms with Gasteiger partial charge in [-0.3, -0.25) is 4.90 Å². The van der Waals surface area contributed by atoms with Gasteiger partial charge >= 0.3 is 6.18 Å². The van der Waals surface area contributed by atoms with Crippen LogP contribution in [-0.4, -0.2) is 49.8 Å². The predicted octanol–water partition coefficient (Wildman–Crippen LogP) is 3.61. The molecule has 1 fully saturated rings. The number of aliphatic imine (C=N–C) groups is 1. The van der Waals surface area contributed by atoms with Gasteiger partial charge in [-0.1, -0.05) is 0 Å². The lowest BCUT2D eigenvalue weighted by atomic mass is 10.1. The second-order valence-corrected chi connectivity index (χ2v) is 7.11. The summed E-state index contributed by atoms with van der Waals surface area (Å²) in [6, 6.07) is 2.07. The highest BCUT2D eigenvalue weighted by molar-refractivity contribution is 14.0. The topological polar surface area (TPSA) is 39.7 Å². The zero-order chi connectivity index (χ0) is 17.6. The van der Waals surface area contributed by atoms with E-state index in [1.807, 2.05) is 12.3 Å². The van der Waals surface area contributed by atoms with E-state index in [0.717, 1.165) is 18.9 Å². The van der Waals surface area contributed by atoms with E-state index in [1.54, 1.807) is 11.3 Å². The molecular formula is C16H26F3IN4S. The molecule has 9 heteroatoms. The summed E-state index contributed by atoms with van der Waals surface area (Å²) >= 11 is 1.68. The predicted molar refractivity (Wildman–Crippen MR) is 108 cm³/mol. The average Bonchev–Trinajstić information content (AvgIpc) is 3.09. The summed E-state index contributed by atoms with van der Waals surface area (Å²) in [6.07, 6.45) is -3.33. The Labute approximate surface area is 168 Å². The van der Waals surface area contributed by atoms with Crippen LogP contribution in [-0.2, 0) is 6.54 Å². The van der Waals surface area contributed by atoms with Gasteiger partial charge in [0.25, 0.3) is 0 Å². The molecule has 1 saturated heterocycles. The Morgan fingerprint density at radius 1 is 1.40 bits per heavy atom. The highest BCUT2D eigenvalue weighted by Crippen LogP contribution is 2.22. The Morgan fingerprint density at radius 2 is 2.16 bits per heavy atom. The third kappa shape index (κ3) is 8.12. The van der Waals surface area contributed by atoms with Gasteiger partial charge in [0.15, 0.2) is 5.96 Å². The lowest BCUT2D eigenvalue weighted by Gasteiger charge is -2.18. The number of alkyl halides is 3. The van der Waals surface area contributed by atoms with Crippen molar-refractivity contribution in [2.24, 2.45) is 10.9 Å². The molecule has 2 N–H and O–H groups in total. The van der Waals surface area contributed by atoms with Crippen LogP contribution in [0.4, 0.5) is 13.2 Å². The molecular weight excluding hydrogens is 464 g/mol. The Kier molecular flexibility index (Phi) is 9.50. The summed E-state index contributed by atoms with van der Waals surface area (Å²) in [5.74, 6) is 0.944. The van der Waals surface area contributed by atoms with Gasteiger partial charge in [-0.05, 0) is 49.7 Å². The van der Waals surface area contributed by atoms with Crippen LogP contribution in [0, 0.1) is 12.8 Å². The zero-order valence-corrected chi connectivity index (χ0v) is 17.7. The summed E-state index contributed by atoms with van der Waals surface area (Å²) in [7, 11) is 0. The molecule has 0 radical (unpaired) electrons. The first-order chi connectivity index (χ1) is 11.4. The van der Waals surface area contributed by atoms with E-state index < -0.39 is 12.7 Å². The number of nitrogens with one attached hydrogen (secondary N) is 2. The number of hydrogen-bond acceptors (Lipinski definition) is 3. The summed E-state index contributed by atoms with van der Waals surface area (Å²) in [4.78, 5) is 7.27. The third-order valence-electron chi connectivity index (χ3n) is 4.02. The maximum atomic E-state index is 12.4. The number of thiophene rings is 1. The van der Waals surface area contributed by atoms with Crippen molar-refractivity contribution in [3.63, 3.8) is 0 Å². The molecule has 1 aromatic rings. The Hall–Kier alpha value is -0.550. The fourth-order valence-electron chi connectivity index (χ4n) is 2.78. The summed E-state index contributed by atoms with van der Waals surface area (Å²) < 4.78 is 37.3. The molecule has 0 bridgehead atoms. The van der Waals surface area contributed by atoms with Crippen molar-refractivity contribution >= 4 is 41.3 Å². The lowest BCUT2D eigenvalue weighted by Crippen LogP contribution is -2.40. The van der Waals surface area contributed by atoms with E-state index in [2.05, 4.69) is 28.6 Å². The Balaban J connectivity index is 0.00000312. The minimum Gasteiger partial charge on any atom is -0.357 e. The molecule has 0 aromatic carbocycles. The maximum absolute atomic E-state index is 12.4. The number of rotatable bonds is 6. The molecule has 1 atom stereocenters. The SMILES string of the molecule is CCNC(=NCc1sccc1C)NCC1CCN(CC(F)(F)F)C1.I. The molecule has 1 unspecified atom stereocenters. The molecule has 1 aromatic heterocycles. The first kappa shape index (κ1) is 22.5. The van der Waals surface area contributed by atoms with Crippen molar-refractivity contribution in [3.8, 4) is 0 Å². The second kappa shape index (κ2) is 10.6. The number of aryl methyl sites for hydroxylation is 1. The minimum absolute atomic E-state index is 0. The number of nitrogens with zero attached hydrogens (tertiary/aromatic N) is 2. The van der Waals surface area contributed by atoms with E-state index in [9.17, 15) is 13.2 Å². The van der Waals surface area contributed by atoms with Crippen molar-refractivity contribution in [2.75, 3.05) is 32.7 Å². The average molecular weight is 490 g/mol. The van der Waals surface area contributed by atoms with E-state index in [1.165, 1.54) is 15.3 Å². The van der Waals surface area contributed by atoms with Crippen LogP contribution >= 0.6 is 35.3 Å². The van der Waals surface area contributed by atoms with E-state index >= 15 is 0 Å². The number of hydrogen-bond donors (Lipinski definition) is 2. The summed E-state index contributed by atoms with van der Waals surface area (Å²) in [5.41, 5.74) is 1.23. The van der Waals surface area contributed by atoms with Gasteiger partial charge in [0.2, 0.25) is 0 Å².